The smallest absolute Gasteiger partial charge is 0.223 e. The second-order valence-corrected chi connectivity index (χ2v) is 6.37. The number of hydrogen-bond donors (Lipinski definition) is 2. The van der Waals surface area contributed by atoms with Crippen LogP contribution in [0.5, 0.6) is 0 Å². The quantitative estimate of drug-likeness (QED) is 0.868. The van der Waals surface area contributed by atoms with Crippen LogP contribution in [0.1, 0.15) is 39.4 Å². The lowest BCUT2D eigenvalue weighted by atomic mass is 9.94. The number of carbonyl (C=O) groups is 1. The van der Waals surface area contributed by atoms with Gasteiger partial charge in [-0.05, 0) is 58.8 Å². The van der Waals surface area contributed by atoms with Crippen LogP contribution in [-0.2, 0) is 10.4 Å². The molecule has 1 unspecified atom stereocenters. The van der Waals surface area contributed by atoms with Crippen LogP contribution in [0.15, 0.2) is 22.8 Å². The molecule has 0 aliphatic carbocycles. The number of nitrogens with zero attached hydrogens (tertiary/aromatic N) is 1. The Hall–Kier alpha value is -1.33. The average molecular weight is 294 g/mol. The van der Waals surface area contributed by atoms with Crippen molar-refractivity contribution in [3.8, 4) is 0 Å². The Labute approximate surface area is 126 Å². The van der Waals surface area contributed by atoms with Gasteiger partial charge in [0.2, 0.25) is 5.91 Å². The molecule has 0 radical (unpaired) electrons. The number of nitrogens with one attached hydrogen (secondary N) is 1. The van der Waals surface area contributed by atoms with Crippen LogP contribution in [0.3, 0.4) is 0 Å². The first-order chi connectivity index (χ1) is 9.90. The van der Waals surface area contributed by atoms with Gasteiger partial charge in [0.1, 0.15) is 11.4 Å². The molecule has 1 aromatic rings. The fourth-order valence-corrected chi connectivity index (χ4v) is 2.75. The number of hydrogen-bond acceptors (Lipinski definition) is 4. The third kappa shape index (κ3) is 4.08. The number of piperidine rings is 1. The van der Waals surface area contributed by atoms with Crippen molar-refractivity contribution in [3.63, 3.8) is 0 Å². The van der Waals surface area contributed by atoms with E-state index in [0.29, 0.717) is 11.8 Å². The van der Waals surface area contributed by atoms with E-state index in [0.717, 1.165) is 25.9 Å². The minimum atomic E-state index is -1.17. The van der Waals surface area contributed by atoms with Crippen LogP contribution in [0, 0.1) is 5.92 Å². The van der Waals surface area contributed by atoms with E-state index in [-0.39, 0.29) is 18.4 Å². The number of amides is 1. The van der Waals surface area contributed by atoms with E-state index in [1.807, 2.05) is 0 Å². The van der Waals surface area contributed by atoms with E-state index in [2.05, 4.69) is 24.1 Å². The minimum absolute atomic E-state index is 0.0326. The first-order valence-corrected chi connectivity index (χ1v) is 7.68. The van der Waals surface area contributed by atoms with Crippen LogP contribution < -0.4 is 5.32 Å². The van der Waals surface area contributed by atoms with Gasteiger partial charge in [0, 0.05) is 12.0 Å². The molecule has 0 bridgehead atoms. The van der Waals surface area contributed by atoms with Crippen molar-refractivity contribution in [1.82, 2.24) is 10.2 Å². The van der Waals surface area contributed by atoms with Crippen molar-refractivity contribution in [2.45, 2.75) is 45.3 Å². The normalized spacial score (nSPS) is 20.4. The maximum Gasteiger partial charge on any atom is 0.223 e. The molecule has 5 nitrogen and oxygen atoms in total. The zero-order valence-electron chi connectivity index (χ0n) is 13.1. The topological polar surface area (TPSA) is 65.7 Å². The molecule has 0 aromatic carbocycles. The molecule has 1 saturated heterocycles. The van der Waals surface area contributed by atoms with E-state index in [9.17, 15) is 9.90 Å². The predicted molar refractivity (Wildman–Crippen MR) is 80.7 cm³/mol. The highest BCUT2D eigenvalue weighted by molar-refractivity contribution is 5.78. The number of rotatable bonds is 5. The first-order valence-electron chi connectivity index (χ1n) is 7.68. The maximum absolute atomic E-state index is 12.2. The Bertz CT molecular complexity index is 446. The summed E-state index contributed by atoms with van der Waals surface area (Å²) in [6.07, 6.45) is 3.28. The predicted octanol–water partition coefficient (Wildman–Crippen LogP) is 1.72. The van der Waals surface area contributed by atoms with Crippen molar-refractivity contribution >= 4 is 5.91 Å². The molecule has 0 spiro atoms. The summed E-state index contributed by atoms with van der Waals surface area (Å²) in [5, 5.41) is 13.2. The van der Waals surface area contributed by atoms with Gasteiger partial charge in [0.05, 0.1) is 12.8 Å². The summed E-state index contributed by atoms with van der Waals surface area (Å²) in [5.41, 5.74) is -1.17. The molecule has 1 aliphatic heterocycles. The second-order valence-electron chi connectivity index (χ2n) is 6.37. The Balaban J connectivity index is 1.80. The van der Waals surface area contributed by atoms with Gasteiger partial charge in [0.15, 0.2) is 0 Å². The van der Waals surface area contributed by atoms with Gasteiger partial charge >= 0.3 is 0 Å². The van der Waals surface area contributed by atoms with Gasteiger partial charge in [-0.3, -0.25) is 4.79 Å². The van der Waals surface area contributed by atoms with Crippen molar-refractivity contribution < 1.29 is 14.3 Å². The van der Waals surface area contributed by atoms with E-state index in [4.69, 9.17) is 4.42 Å². The molecular weight excluding hydrogens is 268 g/mol. The third-order valence-corrected chi connectivity index (χ3v) is 4.29. The largest absolute Gasteiger partial charge is 0.466 e. The molecule has 1 amide bonds. The summed E-state index contributed by atoms with van der Waals surface area (Å²) in [6, 6.07) is 3.98. The zero-order valence-corrected chi connectivity index (χ0v) is 13.1. The van der Waals surface area contributed by atoms with Gasteiger partial charge in [-0.25, -0.2) is 0 Å². The van der Waals surface area contributed by atoms with Gasteiger partial charge < -0.3 is 19.7 Å². The first kappa shape index (κ1) is 16.0. The molecule has 1 fully saturated rings. The van der Waals surface area contributed by atoms with Crippen LogP contribution in [0.2, 0.25) is 0 Å². The standard InChI is InChI=1S/C16H26N2O3/c1-12(2)18-8-6-13(7-9-18)15(19)17-11-16(3,20)14-5-4-10-21-14/h4-5,10,12-13,20H,6-9,11H2,1-3H3,(H,17,19). The molecule has 118 valence electrons. The molecule has 0 saturated carbocycles. The molecule has 21 heavy (non-hydrogen) atoms. The summed E-state index contributed by atoms with van der Waals surface area (Å²) >= 11 is 0. The summed E-state index contributed by atoms with van der Waals surface area (Å²) in [6.45, 7) is 8.10. The molecular formula is C16H26N2O3. The summed E-state index contributed by atoms with van der Waals surface area (Å²) in [7, 11) is 0. The Morgan fingerprint density at radius 3 is 2.71 bits per heavy atom. The van der Waals surface area contributed by atoms with Crippen molar-refractivity contribution in [2.24, 2.45) is 5.92 Å². The number of likely N-dealkylation sites (tertiary alicyclic amines) is 1. The number of furan rings is 1. The third-order valence-electron chi connectivity index (χ3n) is 4.29. The molecule has 1 aliphatic rings. The van der Waals surface area contributed by atoms with Gasteiger partial charge in [-0.15, -0.1) is 0 Å². The van der Waals surface area contributed by atoms with Gasteiger partial charge in [0.25, 0.3) is 0 Å². The van der Waals surface area contributed by atoms with E-state index < -0.39 is 5.60 Å². The fraction of sp³-hybridized carbons (Fsp3) is 0.688. The SMILES string of the molecule is CC(C)N1CCC(C(=O)NCC(C)(O)c2ccco2)CC1. The number of aliphatic hydroxyl groups is 1. The molecule has 5 heteroatoms. The highest BCUT2D eigenvalue weighted by Crippen LogP contribution is 2.22. The minimum Gasteiger partial charge on any atom is -0.466 e. The van der Waals surface area contributed by atoms with Gasteiger partial charge in [-0.2, -0.15) is 0 Å². The Morgan fingerprint density at radius 1 is 1.52 bits per heavy atom. The Kier molecular flexibility index (Phi) is 5.06. The lowest BCUT2D eigenvalue weighted by Crippen LogP contribution is -2.45. The van der Waals surface area contributed by atoms with E-state index >= 15 is 0 Å². The second kappa shape index (κ2) is 6.62. The van der Waals surface area contributed by atoms with Crippen molar-refractivity contribution in [1.29, 1.82) is 0 Å². The number of carbonyl (C=O) groups excluding carboxylic acids is 1. The van der Waals surface area contributed by atoms with Crippen molar-refractivity contribution in [3.05, 3.63) is 24.2 Å². The van der Waals surface area contributed by atoms with Gasteiger partial charge in [-0.1, -0.05) is 0 Å². The van der Waals surface area contributed by atoms with Crippen LogP contribution >= 0.6 is 0 Å². The molecule has 1 aromatic heterocycles. The molecule has 1 atom stereocenters. The highest BCUT2D eigenvalue weighted by atomic mass is 16.4. The molecule has 2 N–H and O–H groups in total. The lowest BCUT2D eigenvalue weighted by molar-refractivity contribution is -0.128. The maximum atomic E-state index is 12.2. The summed E-state index contributed by atoms with van der Waals surface area (Å²) in [4.78, 5) is 14.6. The average Bonchev–Trinajstić information content (AvgIpc) is 3.00. The van der Waals surface area contributed by atoms with Crippen LogP contribution in [-0.4, -0.2) is 41.6 Å². The molecule has 2 heterocycles. The van der Waals surface area contributed by atoms with Crippen molar-refractivity contribution in [2.75, 3.05) is 19.6 Å². The summed E-state index contributed by atoms with van der Waals surface area (Å²) < 4.78 is 5.21. The highest BCUT2D eigenvalue weighted by Gasteiger charge is 2.30. The van der Waals surface area contributed by atoms with Crippen LogP contribution in [0.4, 0.5) is 0 Å². The van der Waals surface area contributed by atoms with E-state index in [1.165, 1.54) is 6.26 Å². The van der Waals surface area contributed by atoms with E-state index in [1.54, 1.807) is 19.1 Å². The fourth-order valence-electron chi connectivity index (χ4n) is 2.75. The summed E-state index contributed by atoms with van der Waals surface area (Å²) in [5.74, 6) is 0.551. The zero-order chi connectivity index (χ0) is 15.5. The Morgan fingerprint density at radius 2 is 2.19 bits per heavy atom. The monoisotopic (exact) mass is 294 g/mol. The molecule has 2 rings (SSSR count). The lowest BCUT2D eigenvalue weighted by Gasteiger charge is -2.34. The van der Waals surface area contributed by atoms with Crippen LogP contribution in [0.25, 0.3) is 0 Å².